The topological polar surface area (TPSA) is 111 Å². The Labute approximate surface area is 137 Å². The fourth-order valence-corrected chi connectivity index (χ4v) is 2.07. The Hall–Kier alpha value is -3.61. The molecule has 7 heteroatoms. The molecule has 1 heterocycles. The Morgan fingerprint density at radius 3 is 2.62 bits per heavy atom. The second-order valence-corrected chi connectivity index (χ2v) is 4.96. The molecule has 3 aromatic rings. The highest BCUT2D eigenvalue weighted by Crippen LogP contribution is 2.21. The molecule has 0 spiro atoms. The van der Waals surface area contributed by atoms with E-state index in [-0.39, 0.29) is 23.0 Å². The minimum atomic E-state index is -0.311. The second-order valence-electron chi connectivity index (χ2n) is 4.96. The Kier molecular flexibility index (Phi) is 4.24. The zero-order chi connectivity index (χ0) is 16.9. The highest BCUT2D eigenvalue weighted by molar-refractivity contribution is 5.84. The van der Waals surface area contributed by atoms with Crippen LogP contribution in [-0.4, -0.2) is 26.4 Å². The lowest BCUT2D eigenvalue weighted by molar-refractivity contribution is 0.450. The van der Waals surface area contributed by atoms with Crippen LogP contribution in [0.2, 0.25) is 0 Å². The van der Waals surface area contributed by atoms with E-state index >= 15 is 0 Å². The van der Waals surface area contributed by atoms with E-state index < -0.39 is 0 Å². The van der Waals surface area contributed by atoms with Gasteiger partial charge in [-0.05, 0) is 12.1 Å². The van der Waals surface area contributed by atoms with Gasteiger partial charge in [-0.15, -0.1) is 0 Å². The third kappa shape index (κ3) is 3.58. The van der Waals surface area contributed by atoms with Gasteiger partial charge in [0, 0.05) is 23.3 Å². The normalized spacial score (nSPS) is 10.8. The fourth-order valence-electron chi connectivity index (χ4n) is 2.07. The molecule has 0 aliphatic carbocycles. The number of hydrazone groups is 1. The summed E-state index contributed by atoms with van der Waals surface area (Å²) < 4.78 is 0. The number of benzene rings is 2. The van der Waals surface area contributed by atoms with Crippen molar-refractivity contribution in [3.05, 3.63) is 70.5 Å². The van der Waals surface area contributed by atoms with E-state index in [1.165, 1.54) is 30.5 Å². The van der Waals surface area contributed by atoms with E-state index in [4.69, 9.17) is 0 Å². The number of anilines is 1. The molecule has 2 aromatic carbocycles. The van der Waals surface area contributed by atoms with Gasteiger partial charge in [-0.25, -0.2) is 10.4 Å². The first-order valence-corrected chi connectivity index (χ1v) is 7.10. The summed E-state index contributed by atoms with van der Waals surface area (Å²) in [5, 5.41) is 22.8. The van der Waals surface area contributed by atoms with Gasteiger partial charge in [0.1, 0.15) is 11.5 Å². The number of nitrogens with one attached hydrogen (secondary N) is 2. The van der Waals surface area contributed by atoms with Crippen LogP contribution in [0.5, 0.6) is 11.5 Å². The summed E-state index contributed by atoms with van der Waals surface area (Å²) in [5.74, 6) is 0.0232. The standard InChI is InChI=1S/C17H14N4O3/c22-13-7-6-12(15(23)8-13)10-18-21-17-19-14(9-16(24)20-17)11-4-2-1-3-5-11/h1-10,22-23H,(H2,19,20,21,24)/b18-10-. The molecule has 120 valence electrons. The molecule has 0 saturated heterocycles. The predicted molar refractivity (Wildman–Crippen MR) is 91.3 cm³/mol. The van der Waals surface area contributed by atoms with Crippen molar-refractivity contribution in [2.24, 2.45) is 5.10 Å². The van der Waals surface area contributed by atoms with Gasteiger partial charge in [0.25, 0.3) is 5.56 Å². The summed E-state index contributed by atoms with van der Waals surface area (Å²) >= 11 is 0. The van der Waals surface area contributed by atoms with Gasteiger partial charge in [0.15, 0.2) is 0 Å². The summed E-state index contributed by atoms with van der Waals surface area (Å²) in [7, 11) is 0. The van der Waals surface area contributed by atoms with E-state index in [9.17, 15) is 15.0 Å². The average Bonchev–Trinajstić information content (AvgIpc) is 2.57. The number of aromatic hydroxyl groups is 2. The van der Waals surface area contributed by atoms with Crippen LogP contribution in [0.15, 0.2) is 64.5 Å². The van der Waals surface area contributed by atoms with Crippen LogP contribution in [0.3, 0.4) is 0 Å². The number of hydrogen-bond donors (Lipinski definition) is 4. The van der Waals surface area contributed by atoms with Crippen molar-refractivity contribution in [1.29, 1.82) is 0 Å². The number of phenols is 2. The molecular weight excluding hydrogens is 308 g/mol. The smallest absolute Gasteiger partial charge is 0.252 e. The molecule has 7 nitrogen and oxygen atoms in total. The highest BCUT2D eigenvalue weighted by atomic mass is 16.3. The van der Waals surface area contributed by atoms with Crippen LogP contribution in [0.4, 0.5) is 5.95 Å². The average molecular weight is 322 g/mol. The maximum atomic E-state index is 11.8. The number of phenolic OH excluding ortho intramolecular Hbond substituents is 2. The number of aromatic nitrogens is 2. The van der Waals surface area contributed by atoms with Crippen molar-refractivity contribution < 1.29 is 10.2 Å². The van der Waals surface area contributed by atoms with Crippen LogP contribution in [0.1, 0.15) is 5.56 Å². The van der Waals surface area contributed by atoms with Crippen LogP contribution in [0, 0.1) is 0 Å². The maximum Gasteiger partial charge on any atom is 0.252 e. The molecule has 3 rings (SSSR count). The molecule has 0 bridgehead atoms. The van der Waals surface area contributed by atoms with E-state index in [0.717, 1.165) is 5.56 Å². The first kappa shape index (κ1) is 15.3. The number of H-pyrrole nitrogens is 1. The van der Waals surface area contributed by atoms with E-state index in [0.29, 0.717) is 11.3 Å². The quantitative estimate of drug-likeness (QED) is 0.435. The lowest BCUT2D eigenvalue weighted by Gasteiger charge is -2.04. The SMILES string of the molecule is O=c1cc(-c2ccccc2)nc(N/N=C\c2ccc(O)cc2O)[nH]1. The zero-order valence-corrected chi connectivity index (χ0v) is 12.5. The van der Waals surface area contributed by atoms with Crippen LogP contribution < -0.4 is 11.0 Å². The Morgan fingerprint density at radius 2 is 1.88 bits per heavy atom. The van der Waals surface area contributed by atoms with E-state index in [2.05, 4.69) is 20.5 Å². The number of hydrogen-bond acceptors (Lipinski definition) is 6. The summed E-state index contributed by atoms with van der Waals surface area (Å²) in [4.78, 5) is 18.6. The first-order valence-electron chi connectivity index (χ1n) is 7.10. The van der Waals surface area contributed by atoms with Gasteiger partial charge in [0.05, 0.1) is 11.9 Å². The van der Waals surface area contributed by atoms with Crippen molar-refractivity contribution in [1.82, 2.24) is 9.97 Å². The van der Waals surface area contributed by atoms with Crippen molar-refractivity contribution in [2.75, 3.05) is 5.43 Å². The lowest BCUT2D eigenvalue weighted by Crippen LogP contribution is -2.10. The molecule has 24 heavy (non-hydrogen) atoms. The van der Waals surface area contributed by atoms with E-state index in [1.54, 1.807) is 0 Å². The first-order chi connectivity index (χ1) is 11.6. The number of aromatic amines is 1. The summed E-state index contributed by atoms with van der Waals surface area (Å²) in [5.41, 5.74) is 4.04. The fraction of sp³-hybridized carbons (Fsp3) is 0. The minimum Gasteiger partial charge on any atom is -0.508 e. The van der Waals surface area contributed by atoms with Crippen LogP contribution >= 0.6 is 0 Å². The molecule has 0 saturated carbocycles. The second kappa shape index (κ2) is 6.66. The van der Waals surface area contributed by atoms with Crippen molar-refractivity contribution >= 4 is 12.2 Å². The highest BCUT2D eigenvalue weighted by Gasteiger charge is 2.03. The predicted octanol–water partition coefficient (Wildman–Crippen LogP) is 2.29. The van der Waals surface area contributed by atoms with Crippen molar-refractivity contribution in [2.45, 2.75) is 0 Å². The monoisotopic (exact) mass is 322 g/mol. The van der Waals surface area contributed by atoms with E-state index in [1.807, 2.05) is 30.3 Å². The van der Waals surface area contributed by atoms with Crippen LogP contribution in [0.25, 0.3) is 11.3 Å². The summed E-state index contributed by atoms with van der Waals surface area (Å²) in [6.45, 7) is 0. The number of nitrogens with zero attached hydrogens (tertiary/aromatic N) is 2. The Balaban J connectivity index is 1.82. The van der Waals surface area contributed by atoms with Crippen molar-refractivity contribution in [3.8, 4) is 22.8 Å². The molecule has 0 fully saturated rings. The van der Waals surface area contributed by atoms with Gasteiger partial charge in [0.2, 0.25) is 5.95 Å². The van der Waals surface area contributed by atoms with Gasteiger partial charge in [-0.2, -0.15) is 5.10 Å². The zero-order valence-electron chi connectivity index (χ0n) is 12.5. The Morgan fingerprint density at radius 1 is 1.08 bits per heavy atom. The van der Waals surface area contributed by atoms with Gasteiger partial charge >= 0.3 is 0 Å². The molecular formula is C17H14N4O3. The molecule has 0 atom stereocenters. The molecule has 0 unspecified atom stereocenters. The lowest BCUT2D eigenvalue weighted by atomic mass is 10.1. The van der Waals surface area contributed by atoms with Gasteiger partial charge in [-0.3, -0.25) is 9.78 Å². The summed E-state index contributed by atoms with van der Waals surface area (Å²) in [6.07, 6.45) is 1.35. The van der Waals surface area contributed by atoms with Crippen LogP contribution in [-0.2, 0) is 0 Å². The molecule has 1 aromatic heterocycles. The number of rotatable bonds is 4. The molecule has 0 aliphatic heterocycles. The van der Waals surface area contributed by atoms with Gasteiger partial charge < -0.3 is 10.2 Å². The summed E-state index contributed by atoms with van der Waals surface area (Å²) in [6, 6.07) is 14.8. The minimum absolute atomic E-state index is 0.0424. The molecule has 0 aliphatic rings. The van der Waals surface area contributed by atoms with Crippen molar-refractivity contribution in [3.63, 3.8) is 0 Å². The van der Waals surface area contributed by atoms with Gasteiger partial charge in [-0.1, -0.05) is 30.3 Å². The molecule has 0 radical (unpaired) electrons. The third-order valence-electron chi connectivity index (χ3n) is 3.20. The molecule has 0 amide bonds. The maximum absolute atomic E-state index is 11.8. The largest absolute Gasteiger partial charge is 0.508 e. The third-order valence-corrected chi connectivity index (χ3v) is 3.20. The molecule has 4 N–H and O–H groups in total. The Bertz CT molecular complexity index is 936.